The monoisotopic (exact) mass is 265 g/mol. The molecule has 0 aliphatic heterocycles. The van der Waals surface area contributed by atoms with Crippen molar-refractivity contribution in [2.75, 3.05) is 11.5 Å². The van der Waals surface area contributed by atoms with Gasteiger partial charge >= 0.3 is 0 Å². The fourth-order valence-corrected chi connectivity index (χ4v) is 4.30. The smallest absolute Gasteiger partial charge is 0.192 e. The molecule has 3 atom stereocenters. The molecule has 1 heterocycles. The van der Waals surface area contributed by atoms with E-state index >= 15 is 0 Å². The fourth-order valence-electron chi connectivity index (χ4n) is 2.96. The maximum atomic E-state index is 9.13. The molecular weight excluding hydrogens is 250 g/mol. The molecule has 0 aromatic carbocycles. The summed E-state index contributed by atoms with van der Waals surface area (Å²) < 4.78 is 0. The Bertz CT molecular complexity index is 486. The summed E-state index contributed by atoms with van der Waals surface area (Å²) in [4.78, 5) is 8.33. The average Bonchev–Trinajstić information content (AvgIpc) is 2.88. The van der Waals surface area contributed by atoms with Gasteiger partial charge in [-0.15, -0.1) is 0 Å². The molecule has 0 radical (unpaired) electrons. The Morgan fingerprint density at radius 2 is 2.00 bits per heavy atom. The zero-order valence-corrected chi connectivity index (χ0v) is 10.6. The first-order chi connectivity index (χ1) is 8.67. The highest BCUT2D eigenvalue weighted by Crippen LogP contribution is 2.49. The van der Waals surface area contributed by atoms with Gasteiger partial charge in [0.05, 0.1) is 11.0 Å². The molecule has 0 saturated heterocycles. The van der Waals surface area contributed by atoms with Crippen molar-refractivity contribution in [2.24, 2.45) is 17.0 Å². The third-order valence-corrected chi connectivity index (χ3v) is 4.98. The molecule has 7 heteroatoms. The van der Waals surface area contributed by atoms with Gasteiger partial charge in [-0.3, -0.25) is 0 Å². The van der Waals surface area contributed by atoms with Crippen LogP contribution in [0.2, 0.25) is 0 Å². The van der Waals surface area contributed by atoms with Crippen molar-refractivity contribution >= 4 is 29.1 Å². The highest BCUT2D eigenvalue weighted by atomic mass is 32.2. The molecule has 18 heavy (non-hydrogen) atoms. The van der Waals surface area contributed by atoms with Gasteiger partial charge in [-0.25, -0.2) is 9.97 Å². The second-order valence-corrected chi connectivity index (χ2v) is 5.94. The zero-order chi connectivity index (χ0) is 12.7. The quantitative estimate of drug-likeness (QED) is 0.423. The van der Waals surface area contributed by atoms with E-state index in [0.29, 0.717) is 28.6 Å². The summed E-state index contributed by atoms with van der Waals surface area (Å²) in [6, 6.07) is 1.53. The number of nitrogen functional groups attached to an aromatic ring is 2. The van der Waals surface area contributed by atoms with Gasteiger partial charge in [0.1, 0.15) is 11.6 Å². The van der Waals surface area contributed by atoms with Crippen molar-refractivity contribution in [2.45, 2.75) is 29.7 Å². The van der Waals surface area contributed by atoms with Crippen molar-refractivity contribution in [3.63, 3.8) is 0 Å². The molecule has 2 saturated carbocycles. The fraction of sp³-hybridized carbons (Fsp3) is 0.545. The van der Waals surface area contributed by atoms with E-state index in [2.05, 4.69) is 15.1 Å². The number of oxime groups is 1. The number of nitrogens with zero attached hydrogens (tertiary/aromatic N) is 3. The topological polar surface area (TPSA) is 110 Å². The molecule has 2 bridgehead atoms. The minimum Gasteiger partial charge on any atom is -0.411 e. The van der Waals surface area contributed by atoms with E-state index in [1.807, 2.05) is 0 Å². The van der Waals surface area contributed by atoms with Crippen molar-refractivity contribution in [1.82, 2.24) is 9.97 Å². The van der Waals surface area contributed by atoms with Gasteiger partial charge in [0, 0.05) is 12.0 Å². The molecule has 5 N–H and O–H groups in total. The summed E-state index contributed by atoms with van der Waals surface area (Å²) in [5, 5.41) is 13.3. The summed E-state index contributed by atoms with van der Waals surface area (Å²) in [5.41, 5.74) is 12.2. The van der Waals surface area contributed by atoms with Crippen LogP contribution in [0.5, 0.6) is 0 Å². The van der Waals surface area contributed by atoms with Crippen molar-refractivity contribution < 1.29 is 5.21 Å². The highest BCUT2D eigenvalue weighted by molar-refractivity contribution is 8.00. The van der Waals surface area contributed by atoms with E-state index in [1.54, 1.807) is 0 Å². The number of fused-ring (bicyclic) bond motifs is 2. The van der Waals surface area contributed by atoms with Gasteiger partial charge in [0.15, 0.2) is 5.16 Å². The van der Waals surface area contributed by atoms with Gasteiger partial charge in [-0.2, -0.15) is 0 Å². The lowest BCUT2D eigenvalue weighted by Crippen LogP contribution is -2.25. The van der Waals surface area contributed by atoms with Crippen LogP contribution >= 0.6 is 11.8 Å². The molecule has 2 aliphatic rings. The number of nitrogens with two attached hydrogens (primary N) is 2. The Kier molecular flexibility index (Phi) is 2.77. The largest absolute Gasteiger partial charge is 0.411 e. The van der Waals surface area contributed by atoms with Crippen LogP contribution in [0.1, 0.15) is 19.3 Å². The van der Waals surface area contributed by atoms with Crippen molar-refractivity contribution in [3.8, 4) is 0 Å². The van der Waals surface area contributed by atoms with Crippen LogP contribution in [0.4, 0.5) is 11.6 Å². The highest BCUT2D eigenvalue weighted by Gasteiger charge is 2.46. The summed E-state index contributed by atoms with van der Waals surface area (Å²) >= 11 is 1.50. The minimum atomic E-state index is 0.162. The maximum absolute atomic E-state index is 9.13. The Morgan fingerprint density at radius 1 is 1.28 bits per heavy atom. The Balaban J connectivity index is 1.84. The molecule has 1 aromatic heterocycles. The first kappa shape index (κ1) is 11.6. The number of aromatic nitrogens is 2. The Hall–Kier alpha value is -1.50. The van der Waals surface area contributed by atoms with Crippen molar-refractivity contribution in [3.05, 3.63) is 6.07 Å². The van der Waals surface area contributed by atoms with Gasteiger partial charge in [-0.1, -0.05) is 16.9 Å². The molecular formula is C11H15N5OS. The van der Waals surface area contributed by atoms with Gasteiger partial charge in [0.2, 0.25) is 0 Å². The molecule has 0 spiro atoms. The van der Waals surface area contributed by atoms with Crippen LogP contribution in [0.3, 0.4) is 0 Å². The summed E-state index contributed by atoms with van der Waals surface area (Å²) in [6.07, 6.45) is 3.41. The van der Waals surface area contributed by atoms with Crippen LogP contribution in [-0.4, -0.2) is 26.1 Å². The third-order valence-electron chi connectivity index (χ3n) is 3.70. The van der Waals surface area contributed by atoms with Gasteiger partial charge in [-0.05, 0) is 25.2 Å². The first-order valence-corrected chi connectivity index (χ1v) is 6.84. The lowest BCUT2D eigenvalue weighted by molar-refractivity contribution is 0.314. The van der Waals surface area contributed by atoms with E-state index in [0.717, 1.165) is 18.6 Å². The second kappa shape index (κ2) is 4.31. The van der Waals surface area contributed by atoms with Crippen LogP contribution in [-0.2, 0) is 0 Å². The number of hydrogen-bond acceptors (Lipinski definition) is 7. The number of rotatable bonds is 2. The van der Waals surface area contributed by atoms with E-state index < -0.39 is 0 Å². The summed E-state index contributed by atoms with van der Waals surface area (Å²) in [7, 11) is 0. The number of anilines is 2. The lowest BCUT2D eigenvalue weighted by Gasteiger charge is -2.21. The predicted molar refractivity (Wildman–Crippen MR) is 70.6 cm³/mol. The van der Waals surface area contributed by atoms with Crippen LogP contribution < -0.4 is 11.5 Å². The average molecular weight is 265 g/mol. The molecule has 0 amide bonds. The minimum absolute atomic E-state index is 0.162. The molecule has 2 fully saturated rings. The van der Waals surface area contributed by atoms with E-state index in [-0.39, 0.29) is 5.25 Å². The summed E-state index contributed by atoms with van der Waals surface area (Å²) in [6.45, 7) is 0. The first-order valence-electron chi connectivity index (χ1n) is 5.96. The van der Waals surface area contributed by atoms with E-state index in [9.17, 15) is 0 Å². The molecule has 2 aliphatic carbocycles. The van der Waals surface area contributed by atoms with Crippen molar-refractivity contribution in [1.29, 1.82) is 0 Å². The predicted octanol–water partition coefficient (Wildman–Crippen LogP) is 1.36. The number of thioether (sulfide) groups is 1. The Morgan fingerprint density at radius 3 is 2.67 bits per heavy atom. The van der Waals surface area contributed by atoms with Crippen LogP contribution in [0.15, 0.2) is 16.4 Å². The molecule has 0 unspecified atom stereocenters. The summed E-state index contributed by atoms with van der Waals surface area (Å²) in [5.74, 6) is 1.72. The Labute approximate surface area is 109 Å². The second-order valence-electron chi connectivity index (χ2n) is 4.83. The van der Waals surface area contributed by atoms with E-state index in [4.69, 9.17) is 16.7 Å². The number of hydrogen-bond donors (Lipinski definition) is 3. The molecule has 3 rings (SSSR count). The van der Waals surface area contributed by atoms with E-state index in [1.165, 1.54) is 24.2 Å². The molecule has 96 valence electrons. The standard InChI is InChI=1S/C11H15N5OS/c12-7-4-8(13)15-11(14-7)18-10-6-2-1-5(3-6)9(10)16-17/h4-6,10,17H,1-3H2,(H4,12,13,14,15)/b16-9-/t5-,6-,10-/m0/s1. The maximum Gasteiger partial charge on any atom is 0.192 e. The van der Waals surface area contributed by atoms with Gasteiger partial charge < -0.3 is 16.7 Å². The normalized spacial score (nSPS) is 32.2. The molecule has 6 nitrogen and oxygen atoms in total. The lowest BCUT2D eigenvalue weighted by atomic mass is 9.98. The van der Waals surface area contributed by atoms with Crippen LogP contribution in [0, 0.1) is 11.8 Å². The SMILES string of the molecule is Nc1cc(N)nc(S[C@@H]2/C(=N\O)[C@H]3CC[C@H]2C3)n1. The third kappa shape index (κ3) is 1.88. The van der Waals surface area contributed by atoms with Gasteiger partial charge in [0.25, 0.3) is 0 Å². The molecule has 1 aromatic rings. The van der Waals surface area contributed by atoms with Crippen LogP contribution in [0.25, 0.3) is 0 Å². The zero-order valence-electron chi connectivity index (χ0n) is 9.78.